The molecule has 5 atom stereocenters. The van der Waals surface area contributed by atoms with Gasteiger partial charge >= 0.3 is 0 Å². The maximum atomic E-state index is 10.0. The molecule has 0 radical (unpaired) electrons. The minimum atomic E-state index is -0.172. The van der Waals surface area contributed by atoms with Gasteiger partial charge in [0.1, 0.15) is 0 Å². The third-order valence-corrected chi connectivity index (χ3v) is 8.35. The van der Waals surface area contributed by atoms with E-state index in [-0.39, 0.29) is 6.10 Å². The van der Waals surface area contributed by atoms with Crippen LogP contribution < -0.4 is 0 Å². The van der Waals surface area contributed by atoms with E-state index < -0.39 is 0 Å². The first-order chi connectivity index (χ1) is 13.3. The summed E-state index contributed by atoms with van der Waals surface area (Å²) in [5.41, 5.74) is 4.72. The molecule has 0 spiro atoms. The van der Waals surface area contributed by atoms with Gasteiger partial charge in [-0.1, -0.05) is 76.8 Å². The van der Waals surface area contributed by atoms with Crippen LogP contribution in [0.4, 0.5) is 0 Å². The Morgan fingerprint density at radius 3 is 2.64 bits per heavy atom. The highest BCUT2D eigenvalue weighted by Gasteiger charge is 2.50. The van der Waals surface area contributed by atoms with Gasteiger partial charge in [-0.2, -0.15) is 0 Å². The van der Waals surface area contributed by atoms with E-state index in [1.165, 1.54) is 62.5 Å². The molecule has 1 N–H and O–H groups in total. The average Bonchev–Trinajstić information content (AvgIpc) is 2.99. The van der Waals surface area contributed by atoms with Crippen molar-refractivity contribution in [3.63, 3.8) is 0 Å². The van der Waals surface area contributed by atoms with E-state index in [9.17, 15) is 5.11 Å². The van der Waals surface area contributed by atoms with E-state index in [4.69, 9.17) is 0 Å². The lowest BCUT2D eigenvalue weighted by Crippen LogP contribution is -2.36. The van der Waals surface area contributed by atoms with Crippen molar-refractivity contribution in [2.45, 2.75) is 104 Å². The summed E-state index contributed by atoms with van der Waals surface area (Å²) in [6.45, 7) is 14.1. The van der Waals surface area contributed by atoms with Crippen LogP contribution in [0.5, 0.6) is 0 Å². The molecule has 3 aliphatic rings. The predicted octanol–water partition coefficient (Wildman–Crippen LogP) is 7.62. The quantitative estimate of drug-likeness (QED) is 0.499. The predicted molar refractivity (Wildman–Crippen MR) is 121 cm³/mol. The summed E-state index contributed by atoms with van der Waals surface area (Å²) in [4.78, 5) is 0. The third kappa shape index (κ3) is 4.84. The number of hydrogen-bond acceptors (Lipinski definition) is 1. The number of rotatable bonds is 6. The van der Waals surface area contributed by atoms with Gasteiger partial charge in [0.05, 0.1) is 6.10 Å². The van der Waals surface area contributed by atoms with Gasteiger partial charge in [0, 0.05) is 0 Å². The van der Waals surface area contributed by atoms with E-state index >= 15 is 0 Å². The van der Waals surface area contributed by atoms with Crippen molar-refractivity contribution in [1.29, 1.82) is 0 Å². The fourth-order valence-electron chi connectivity index (χ4n) is 6.66. The summed E-state index contributed by atoms with van der Waals surface area (Å²) < 4.78 is 0. The molecular formula is C27H44O. The van der Waals surface area contributed by atoms with Crippen molar-refractivity contribution >= 4 is 0 Å². The van der Waals surface area contributed by atoms with Gasteiger partial charge in [-0.3, -0.25) is 0 Å². The molecule has 3 fully saturated rings. The van der Waals surface area contributed by atoms with Gasteiger partial charge in [-0.15, -0.1) is 0 Å². The lowest BCUT2D eigenvalue weighted by Gasteiger charge is -2.44. The van der Waals surface area contributed by atoms with Crippen LogP contribution >= 0.6 is 0 Å². The van der Waals surface area contributed by atoms with Crippen LogP contribution in [0.2, 0.25) is 0 Å². The topological polar surface area (TPSA) is 20.2 Å². The molecule has 0 aromatic rings. The monoisotopic (exact) mass is 384 g/mol. The molecule has 1 heteroatoms. The van der Waals surface area contributed by atoms with Crippen LogP contribution in [-0.2, 0) is 0 Å². The third-order valence-electron chi connectivity index (χ3n) is 8.35. The Labute approximate surface area is 174 Å². The number of aliphatic hydroxyl groups excluding tert-OH is 1. The molecule has 3 rings (SSSR count). The van der Waals surface area contributed by atoms with Gasteiger partial charge < -0.3 is 5.11 Å². The first kappa shape index (κ1) is 21.9. The maximum absolute atomic E-state index is 10.0. The molecule has 28 heavy (non-hydrogen) atoms. The van der Waals surface area contributed by atoms with Crippen LogP contribution in [0, 0.1) is 29.1 Å². The number of allylic oxidation sites excluding steroid dienone is 4. The van der Waals surface area contributed by atoms with Gasteiger partial charge in [-0.25, -0.2) is 0 Å². The summed E-state index contributed by atoms with van der Waals surface area (Å²) in [5.74, 6) is 3.37. The maximum Gasteiger partial charge on any atom is 0.0583 e. The number of fused-ring (bicyclic) bond motifs is 1. The zero-order chi connectivity index (χ0) is 20.3. The first-order valence-corrected chi connectivity index (χ1v) is 12.1. The molecule has 0 aromatic heterocycles. The van der Waals surface area contributed by atoms with Crippen LogP contribution in [0.15, 0.2) is 35.5 Å². The molecule has 3 aliphatic carbocycles. The fourth-order valence-corrected chi connectivity index (χ4v) is 6.66. The van der Waals surface area contributed by atoms with Gasteiger partial charge in [0.15, 0.2) is 0 Å². The van der Waals surface area contributed by atoms with Crippen molar-refractivity contribution in [2.24, 2.45) is 29.1 Å². The molecule has 0 heterocycles. The van der Waals surface area contributed by atoms with E-state index in [1.54, 1.807) is 5.57 Å². The first-order valence-electron chi connectivity index (χ1n) is 12.1. The average molecular weight is 385 g/mol. The van der Waals surface area contributed by atoms with E-state index in [0.717, 1.165) is 42.9 Å². The van der Waals surface area contributed by atoms with Crippen molar-refractivity contribution in [1.82, 2.24) is 0 Å². The van der Waals surface area contributed by atoms with Crippen molar-refractivity contribution in [3.05, 3.63) is 35.5 Å². The van der Waals surface area contributed by atoms with Crippen LogP contribution in [0.25, 0.3) is 0 Å². The standard InChI is InChI=1S/C27H44O/c1-19(2)8-6-9-21(4)25-15-16-26-22(10-7-17-27(25,26)5)12-13-23-18-24(28)14-11-20(23)3/h12-13,19,21,24-26,28H,3,6-11,14-18H2,1-2,4-5H3/b22-12-,23-13-/t21?,24-,25?,26?,27?/m0/s1. The molecule has 0 bridgehead atoms. The molecule has 0 saturated heterocycles. The van der Waals surface area contributed by atoms with Crippen molar-refractivity contribution < 1.29 is 5.11 Å². The zero-order valence-electron chi connectivity index (χ0n) is 19.0. The number of aliphatic hydroxyl groups is 1. The Hall–Kier alpha value is -0.820. The smallest absolute Gasteiger partial charge is 0.0583 e. The van der Waals surface area contributed by atoms with Gasteiger partial charge in [0.2, 0.25) is 0 Å². The normalized spacial score (nSPS) is 37.6. The minimum Gasteiger partial charge on any atom is -0.393 e. The summed E-state index contributed by atoms with van der Waals surface area (Å²) >= 11 is 0. The van der Waals surface area contributed by atoms with Crippen LogP contribution in [0.1, 0.15) is 98.3 Å². The summed E-state index contributed by atoms with van der Waals surface area (Å²) in [6, 6.07) is 0. The van der Waals surface area contributed by atoms with Gasteiger partial charge in [-0.05, 0) is 86.0 Å². The second kappa shape index (κ2) is 9.33. The second-order valence-electron chi connectivity index (χ2n) is 10.8. The van der Waals surface area contributed by atoms with Gasteiger partial charge in [0.25, 0.3) is 0 Å². The number of hydrogen-bond donors (Lipinski definition) is 1. The van der Waals surface area contributed by atoms with E-state index in [2.05, 4.69) is 46.4 Å². The zero-order valence-corrected chi connectivity index (χ0v) is 19.0. The Kier molecular flexibility index (Phi) is 7.29. The van der Waals surface area contributed by atoms with E-state index in [0.29, 0.717) is 5.41 Å². The Balaban J connectivity index is 1.70. The highest BCUT2D eigenvalue weighted by Crippen LogP contribution is 2.59. The van der Waals surface area contributed by atoms with Crippen LogP contribution in [-0.4, -0.2) is 11.2 Å². The molecule has 158 valence electrons. The minimum absolute atomic E-state index is 0.172. The second-order valence-corrected chi connectivity index (χ2v) is 10.8. The highest BCUT2D eigenvalue weighted by atomic mass is 16.3. The molecule has 0 aliphatic heterocycles. The molecule has 3 saturated carbocycles. The lowest BCUT2D eigenvalue weighted by atomic mass is 9.60. The Morgan fingerprint density at radius 1 is 1.11 bits per heavy atom. The van der Waals surface area contributed by atoms with Crippen LogP contribution in [0.3, 0.4) is 0 Å². The SMILES string of the molecule is C=C1CC[C@H](O)C/C1=C/C=C1/CCCC2(C)C1CCC2C(C)CCCC(C)C. The molecule has 4 unspecified atom stereocenters. The highest BCUT2D eigenvalue weighted by molar-refractivity contribution is 5.36. The largest absolute Gasteiger partial charge is 0.393 e. The van der Waals surface area contributed by atoms with Crippen molar-refractivity contribution in [2.75, 3.05) is 0 Å². The summed E-state index contributed by atoms with van der Waals surface area (Å²) in [5, 5.41) is 10.0. The molecule has 0 amide bonds. The molecule has 0 aromatic carbocycles. The molecule has 1 nitrogen and oxygen atoms in total. The molecular weight excluding hydrogens is 340 g/mol. The fraction of sp³-hybridized carbons (Fsp3) is 0.778. The summed E-state index contributed by atoms with van der Waals surface area (Å²) in [6.07, 6.45) is 18.2. The Bertz CT molecular complexity index is 610. The Morgan fingerprint density at radius 2 is 1.89 bits per heavy atom. The van der Waals surface area contributed by atoms with Crippen molar-refractivity contribution in [3.8, 4) is 0 Å². The van der Waals surface area contributed by atoms with E-state index in [1.807, 2.05) is 0 Å². The summed E-state index contributed by atoms with van der Waals surface area (Å²) in [7, 11) is 0. The lowest BCUT2D eigenvalue weighted by molar-refractivity contribution is 0.0929.